The summed E-state index contributed by atoms with van der Waals surface area (Å²) in [5.74, 6) is 2.39. The maximum Gasteiger partial charge on any atom is 0.220 e. The summed E-state index contributed by atoms with van der Waals surface area (Å²) < 4.78 is 10.8. The number of methoxy groups -OCH3 is 1. The fraction of sp³-hybridized carbons (Fsp3) is 0.480. The Morgan fingerprint density at radius 2 is 1.83 bits per heavy atom. The van der Waals surface area contributed by atoms with Gasteiger partial charge in [0, 0.05) is 25.2 Å². The minimum absolute atomic E-state index is 0.00524. The fourth-order valence-electron chi connectivity index (χ4n) is 3.89. The first-order valence-corrected chi connectivity index (χ1v) is 11.0. The van der Waals surface area contributed by atoms with Crippen LogP contribution in [0.1, 0.15) is 51.1 Å². The van der Waals surface area contributed by atoms with Crippen molar-refractivity contribution in [3.05, 3.63) is 54.1 Å². The molecule has 0 radical (unpaired) electrons. The summed E-state index contributed by atoms with van der Waals surface area (Å²) in [6.07, 6.45) is 3.71. The lowest BCUT2D eigenvalue weighted by Gasteiger charge is -2.33. The van der Waals surface area contributed by atoms with Crippen molar-refractivity contribution in [3.8, 4) is 11.5 Å². The van der Waals surface area contributed by atoms with Crippen molar-refractivity contribution in [2.24, 2.45) is 5.92 Å². The number of carbonyl (C=O) groups excluding carboxylic acids is 1. The van der Waals surface area contributed by atoms with Gasteiger partial charge in [0.1, 0.15) is 11.5 Å². The molecule has 1 amide bonds. The van der Waals surface area contributed by atoms with Gasteiger partial charge in [-0.1, -0.05) is 19.1 Å². The molecule has 5 heteroatoms. The monoisotopic (exact) mass is 410 g/mol. The number of hydrogen-bond donors (Lipinski definition) is 1. The lowest BCUT2D eigenvalue weighted by molar-refractivity contribution is -0.121. The zero-order valence-electron chi connectivity index (χ0n) is 18.4. The zero-order valence-corrected chi connectivity index (χ0v) is 18.4. The van der Waals surface area contributed by atoms with Crippen LogP contribution in [-0.4, -0.2) is 32.7 Å². The SMILES string of the molecule is COc1ccc(OCCCC(=O)NC(C)c2ccc(N3CCCC(C)C3)cc2)cc1. The van der Waals surface area contributed by atoms with Gasteiger partial charge in [-0.05, 0) is 74.1 Å². The number of anilines is 1. The first kappa shape index (κ1) is 22.0. The van der Waals surface area contributed by atoms with Gasteiger partial charge < -0.3 is 19.7 Å². The topological polar surface area (TPSA) is 50.8 Å². The minimum atomic E-state index is -0.00524. The van der Waals surface area contributed by atoms with Crippen molar-refractivity contribution in [2.45, 2.75) is 45.6 Å². The highest BCUT2D eigenvalue weighted by Gasteiger charge is 2.17. The molecule has 162 valence electrons. The molecule has 1 heterocycles. The normalized spacial score (nSPS) is 17.3. The molecule has 1 aliphatic rings. The number of piperidine rings is 1. The summed E-state index contributed by atoms with van der Waals surface area (Å²) in [7, 11) is 1.64. The highest BCUT2D eigenvalue weighted by atomic mass is 16.5. The lowest BCUT2D eigenvalue weighted by atomic mass is 9.99. The molecule has 5 nitrogen and oxygen atoms in total. The molecule has 0 saturated carbocycles. The zero-order chi connectivity index (χ0) is 21.3. The molecule has 30 heavy (non-hydrogen) atoms. The third kappa shape index (κ3) is 6.41. The molecule has 2 atom stereocenters. The number of nitrogens with zero attached hydrogens (tertiary/aromatic N) is 1. The quantitative estimate of drug-likeness (QED) is 0.593. The number of amides is 1. The van der Waals surface area contributed by atoms with Crippen LogP contribution in [0.5, 0.6) is 11.5 Å². The second-order valence-electron chi connectivity index (χ2n) is 8.20. The Morgan fingerprint density at radius 1 is 1.13 bits per heavy atom. The van der Waals surface area contributed by atoms with Crippen LogP contribution in [0.4, 0.5) is 5.69 Å². The van der Waals surface area contributed by atoms with Crippen LogP contribution in [0.3, 0.4) is 0 Å². The van der Waals surface area contributed by atoms with Gasteiger partial charge >= 0.3 is 0 Å². The van der Waals surface area contributed by atoms with Crippen LogP contribution in [0.2, 0.25) is 0 Å². The molecular weight excluding hydrogens is 376 g/mol. The first-order chi connectivity index (χ1) is 14.5. The Balaban J connectivity index is 1.39. The smallest absolute Gasteiger partial charge is 0.220 e. The van der Waals surface area contributed by atoms with Crippen LogP contribution in [0.25, 0.3) is 0 Å². The van der Waals surface area contributed by atoms with Crippen LogP contribution in [0, 0.1) is 5.92 Å². The van der Waals surface area contributed by atoms with Gasteiger partial charge in [-0.25, -0.2) is 0 Å². The Kier molecular flexibility index (Phi) is 8.00. The van der Waals surface area contributed by atoms with E-state index < -0.39 is 0 Å². The molecule has 2 unspecified atom stereocenters. The highest BCUT2D eigenvalue weighted by molar-refractivity contribution is 5.76. The van der Waals surface area contributed by atoms with Gasteiger partial charge in [0.15, 0.2) is 0 Å². The van der Waals surface area contributed by atoms with E-state index in [0.717, 1.165) is 36.1 Å². The first-order valence-electron chi connectivity index (χ1n) is 11.0. The summed E-state index contributed by atoms with van der Waals surface area (Å²) in [6, 6.07) is 16.1. The van der Waals surface area contributed by atoms with Crippen molar-refractivity contribution < 1.29 is 14.3 Å². The Labute approximate surface area is 180 Å². The van der Waals surface area contributed by atoms with Gasteiger partial charge in [-0.2, -0.15) is 0 Å². The maximum absolute atomic E-state index is 12.3. The summed E-state index contributed by atoms with van der Waals surface area (Å²) in [4.78, 5) is 14.7. The van der Waals surface area contributed by atoms with E-state index >= 15 is 0 Å². The Bertz CT molecular complexity index is 789. The molecule has 0 spiro atoms. The number of hydrogen-bond acceptors (Lipinski definition) is 4. The summed E-state index contributed by atoms with van der Waals surface area (Å²) in [6.45, 7) is 7.12. The van der Waals surface area contributed by atoms with E-state index in [9.17, 15) is 4.79 Å². The second-order valence-corrected chi connectivity index (χ2v) is 8.20. The van der Waals surface area contributed by atoms with E-state index in [4.69, 9.17) is 9.47 Å². The van der Waals surface area contributed by atoms with E-state index in [1.807, 2.05) is 31.2 Å². The van der Waals surface area contributed by atoms with Gasteiger partial charge in [0.05, 0.1) is 19.8 Å². The molecule has 0 aromatic heterocycles. The summed E-state index contributed by atoms with van der Waals surface area (Å²) in [5, 5.41) is 3.09. The Hall–Kier alpha value is -2.69. The number of nitrogens with one attached hydrogen (secondary N) is 1. The highest BCUT2D eigenvalue weighted by Crippen LogP contribution is 2.24. The third-order valence-corrected chi connectivity index (χ3v) is 5.67. The second kappa shape index (κ2) is 10.9. The summed E-state index contributed by atoms with van der Waals surface area (Å²) >= 11 is 0. The van der Waals surface area contributed by atoms with Crippen LogP contribution >= 0.6 is 0 Å². The molecule has 0 aliphatic carbocycles. The van der Waals surface area contributed by atoms with Crippen LogP contribution < -0.4 is 19.7 Å². The summed E-state index contributed by atoms with van der Waals surface area (Å²) in [5.41, 5.74) is 2.41. The average molecular weight is 411 g/mol. The van der Waals surface area contributed by atoms with Gasteiger partial charge in [-0.3, -0.25) is 4.79 Å². The number of ether oxygens (including phenoxy) is 2. The van der Waals surface area contributed by atoms with Gasteiger partial charge in [0.25, 0.3) is 0 Å². The predicted molar refractivity (Wildman–Crippen MR) is 121 cm³/mol. The minimum Gasteiger partial charge on any atom is -0.497 e. The molecule has 1 saturated heterocycles. The maximum atomic E-state index is 12.3. The number of rotatable bonds is 9. The van der Waals surface area contributed by atoms with Crippen molar-refractivity contribution >= 4 is 11.6 Å². The van der Waals surface area contributed by atoms with Crippen molar-refractivity contribution in [2.75, 3.05) is 31.7 Å². The van der Waals surface area contributed by atoms with E-state index in [1.165, 1.54) is 18.5 Å². The van der Waals surface area contributed by atoms with Gasteiger partial charge in [0.2, 0.25) is 5.91 Å². The van der Waals surface area contributed by atoms with Crippen molar-refractivity contribution in [1.29, 1.82) is 0 Å². The van der Waals surface area contributed by atoms with Gasteiger partial charge in [-0.15, -0.1) is 0 Å². The van der Waals surface area contributed by atoms with E-state index in [-0.39, 0.29) is 11.9 Å². The lowest BCUT2D eigenvalue weighted by Crippen LogP contribution is -2.34. The van der Waals surface area contributed by atoms with E-state index in [2.05, 4.69) is 41.4 Å². The predicted octanol–water partition coefficient (Wildman–Crippen LogP) is 4.97. The molecule has 1 N–H and O–H groups in total. The van der Waals surface area contributed by atoms with E-state index in [0.29, 0.717) is 19.4 Å². The molecule has 0 bridgehead atoms. The molecule has 3 rings (SSSR count). The van der Waals surface area contributed by atoms with Crippen LogP contribution in [0.15, 0.2) is 48.5 Å². The van der Waals surface area contributed by atoms with Crippen LogP contribution in [-0.2, 0) is 4.79 Å². The fourth-order valence-corrected chi connectivity index (χ4v) is 3.89. The molecular formula is C25H34N2O3. The molecule has 1 fully saturated rings. The number of benzene rings is 2. The Morgan fingerprint density at radius 3 is 2.50 bits per heavy atom. The van der Waals surface area contributed by atoms with Crippen molar-refractivity contribution in [1.82, 2.24) is 5.32 Å². The average Bonchev–Trinajstić information content (AvgIpc) is 2.77. The molecule has 1 aliphatic heterocycles. The van der Waals surface area contributed by atoms with Crippen molar-refractivity contribution in [3.63, 3.8) is 0 Å². The van der Waals surface area contributed by atoms with E-state index in [1.54, 1.807) is 7.11 Å². The third-order valence-electron chi connectivity index (χ3n) is 5.67. The molecule has 2 aromatic rings. The standard InChI is InChI=1S/C25H34N2O3/c1-19-6-4-16-27(18-19)22-10-8-21(9-11-22)20(2)26-25(28)7-5-17-30-24-14-12-23(29-3)13-15-24/h8-15,19-20H,4-7,16-18H2,1-3H3,(H,26,28). The largest absolute Gasteiger partial charge is 0.497 e. The number of carbonyl (C=O) groups is 1. The molecule has 2 aromatic carbocycles.